The van der Waals surface area contributed by atoms with Crippen LogP contribution in [0.1, 0.15) is 35.8 Å². The molecule has 0 aliphatic heterocycles. The lowest BCUT2D eigenvalue weighted by molar-refractivity contribution is -0.144. The summed E-state index contributed by atoms with van der Waals surface area (Å²) in [6.07, 6.45) is 2.87. The van der Waals surface area contributed by atoms with Gasteiger partial charge in [-0.25, -0.2) is 9.78 Å². The topological polar surface area (TPSA) is 103 Å². The second kappa shape index (κ2) is 4.69. The highest BCUT2D eigenvalue weighted by Gasteiger charge is 2.48. The monoisotopic (exact) mass is 259 g/mol. The molecule has 1 saturated carbocycles. The minimum atomic E-state index is -1.26. The molecule has 1 aromatic rings. The van der Waals surface area contributed by atoms with Gasteiger partial charge in [0.15, 0.2) is 0 Å². The summed E-state index contributed by atoms with van der Waals surface area (Å²) in [5, 5.41) is 20.4. The third kappa shape index (κ3) is 2.55. The Morgan fingerprint density at radius 3 is 2.63 bits per heavy atom. The highest BCUT2D eigenvalue weighted by molar-refractivity contribution is 5.96. The summed E-state index contributed by atoms with van der Waals surface area (Å²) < 4.78 is 0. The number of rotatable bonds is 4. The van der Waals surface area contributed by atoms with Gasteiger partial charge in [-0.15, -0.1) is 0 Å². The molecule has 0 bridgehead atoms. The molecule has 6 nitrogen and oxygen atoms in total. The molecule has 19 heavy (non-hydrogen) atoms. The number of hydrogen-bond acceptors (Lipinski definition) is 4. The first-order chi connectivity index (χ1) is 8.97. The van der Waals surface area contributed by atoms with Gasteiger partial charge in [0.25, 0.3) is 5.91 Å². The molecule has 98 valence electrons. The SMILES string of the molecule is CC(NC(=O)c1ccc(C#N)cn1)(C(=O)O)C1CC1. The van der Waals surface area contributed by atoms with Crippen LogP contribution in [-0.4, -0.2) is 27.5 Å². The van der Waals surface area contributed by atoms with E-state index in [-0.39, 0.29) is 11.6 Å². The number of carboxylic acids is 1. The minimum absolute atomic E-state index is 0.0349. The van der Waals surface area contributed by atoms with Crippen molar-refractivity contribution in [3.05, 3.63) is 29.6 Å². The first-order valence-corrected chi connectivity index (χ1v) is 5.89. The summed E-state index contributed by atoms with van der Waals surface area (Å²) in [5.74, 6) is -1.62. The Bertz CT molecular complexity index is 557. The summed E-state index contributed by atoms with van der Waals surface area (Å²) in [5.41, 5.74) is -0.806. The molecule has 1 fully saturated rings. The highest BCUT2D eigenvalue weighted by atomic mass is 16.4. The van der Waals surface area contributed by atoms with Gasteiger partial charge in [0, 0.05) is 6.20 Å². The van der Waals surface area contributed by atoms with Crippen LogP contribution in [-0.2, 0) is 4.79 Å². The largest absolute Gasteiger partial charge is 0.480 e. The molecule has 2 rings (SSSR count). The number of aliphatic carboxylic acids is 1. The Balaban J connectivity index is 2.15. The first kappa shape index (κ1) is 13.0. The van der Waals surface area contributed by atoms with Crippen LogP contribution in [0, 0.1) is 17.2 Å². The van der Waals surface area contributed by atoms with Gasteiger partial charge in [0.2, 0.25) is 0 Å². The quantitative estimate of drug-likeness (QED) is 0.837. The predicted molar refractivity (Wildman–Crippen MR) is 65.2 cm³/mol. The van der Waals surface area contributed by atoms with E-state index in [4.69, 9.17) is 5.26 Å². The summed E-state index contributed by atoms with van der Waals surface area (Å²) in [6.45, 7) is 1.51. The van der Waals surface area contributed by atoms with Crippen molar-refractivity contribution in [2.75, 3.05) is 0 Å². The normalized spacial score (nSPS) is 17.1. The van der Waals surface area contributed by atoms with E-state index in [9.17, 15) is 14.7 Å². The van der Waals surface area contributed by atoms with Crippen molar-refractivity contribution in [1.82, 2.24) is 10.3 Å². The van der Waals surface area contributed by atoms with Crippen LogP contribution < -0.4 is 5.32 Å². The fourth-order valence-electron chi connectivity index (χ4n) is 1.89. The van der Waals surface area contributed by atoms with Gasteiger partial charge in [-0.2, -0.15) is 5.26 Å². The maximum absolute atomic E-state index is 12.0. The lowest BCUT2D eigenvalue weighted by Gasteiger charge is -2.25. The Morgan fingerprint density at radius 1 is 1.53 bits per heavy atom. The number of nitrogens with zero attached hydrogens (tertiary/aromatic N) is 2. The minimum Gasteiger partial charge on any atom is -0.480 e. The third-order valence-electron chi connectivity index (χ3n) is 3.34. The second-order valence-electron chi connectivity index (χ2n) is 4.78. The molecular weight excluding hydrogens is 246 g/mol. The third-order valence-corrected chi connectivity index (χ3v) is 3.34. The molecule has 1 amide bonds. The van der Waals surface area contributed by atoms with Crippen molar-refractivity contribution >= 4 is 11.9 Å². The Hall–Kier alpha value is -2.42. The number of carbonyl (C=O) groups excluding carboxylic acids is 1. The van der Waals surface area contributed by atoms with Crippen LogP contribution >= 0.6 is 0 Å². The van der Waals surface area contributed by atoms with Gasteiger partial charge in [-0.1, -0.05) is 0 Å². The maximum Gasteiger partial charge on any atom is 0.329 e. The molecule has 0 saturated heterocycles. The Kier molecular flexibility index (Phi) is 3.21. The molecule has 1 aromatic heterocycles. The molecule has 1 aliphatic carbocycles. The summed E-state index contributed by atoms with van der Waals surface area (Å²) in [4.78, 5) is 27.1. The molecular formula is C13H13N3O3. The van der Waals surface area contributed by atoms with Crippen LogP contribution in [0.3, 0.4) is 0 Å². The van der Waals surface area contributed by atoms with E-state index in [0.29, 0.717) is 5.56 Å². The standard InChI is InChI=1S/C13H13N3O3/c1-13(12(18)19,9-3-4-9)16-11(17)10-5-2-8(6-14)7-15-10/h2,5,7,9H,3-4H2,1H3,(H,16,17)(H,18,19). The van der Waals surface area contributed by atoms with Gasteiger partial charge in [0.1, 0.15) is 17.3 Å². The smallest absolute Gasteiger partial charge is 0.329 e. The van der Waals surface area contributed by atoms with Crippen molar-refractivity contribution in [3.63, 3.8) is 0 Å². The average molecular weight is 259 g/mol. The molecule has 0 aromatic carbocycles. The average Bonchev–Trinajstić information content (AvgIpc) is 3.23. The number of carboxylic acid groups (broad SMARTS) is 1. The molecule has 6 heteroatoms. The predicted octanol–water partition coefficient (Wildman–Crippen LogP) is 0.936. The zero-order valence-corrected chi connectivity index (χ0v) is 10.4. The summed E-state index contributed by atoms with van der Waals surface area (Å²) >= 11 is 0. The lowest BCUT2D eigenvalue weighted by atomic mass is 9.95. The number of hydrogen-bond donors (Lipinski definition) is 2. The van der Waals surface area contributed by atoms with Crippen LogP contribution in [0.2, 0.25) is 0 Å². The van der Waals surface area contributed by atoms with Crippen molar-refractivity contribution < 1.29 is 14.7 Å². The number of aromatic nitrogens is 1. The van der Waals surface area contributed by atoms with Gasteiger partial charge in [-0.3, -0.25) is 4.79 Å². The summed E-state index contributed by atoms with van der Waals surface area (Å²) in [7, 11) is 0. The van der Waals surface area contributed by atoms with E-state index >= 15 is 0 Å². The van der Waals surface area contributed by atoms with Gasteiger partial charge in [-0.05, 0) is 37.8 Å². The molecule has 1 atom stereocenters. The lowest BCUT2D eigenvalue weighted by Crippen LogP contribution is -2.54. The van der Waals surface area contributed by atoms with Gasteiger partial charge in [0.05, 0.1) is 5.56 Å². The van der Waals surface area contributed by atoms with E-state index in [1.807, 2.05) is 6.07 Å². The summed E-state index contributed by atoms with van der Waals surface area (Å²) in [6, 6.07) is 4.77. The van der Waals surface area contributed by atoms with E-state index in [1.54, 1.807) is 0 Å². The van der Waals surface area contributed by atoms with E-state index < -0.39 is 17.4 Å². The number of nitriles is 1. The molecule has 1 heterocycles. The molecule has 0 spiro atoms. The number of amides is 1. The van der Waals surface area contributed by atoms with Crippen molar-refractivity contribution in [2.45, 2.75) is 25.3 Å². The zero-order chi connectivity index (χ0) is 14.0. The van der Waals surface area contributed by atoms with Gasteiger partial charge >= 0.3 is 5.97 Å². The fourth-order valence-corrected chi connectivity index (χ4v) is 1.89. The maximum atomic E-state index is 12.0. The fraction of sp³-hybridized carbons (Fsp3) is 0.385. The van der Waals surface area contributed by atoms with Crippen LogP contribution in [0.25, 0.3) is 0 Å². The first-order valence-electron chi connectivity index (χ1n) is 5.89. The van der Waals surface area contributed by atoms with Crippen LogP contribution in [0.4, 0.5) is 0 Å². The number of nitrogens with one attached hydrogen (secondary N) is 1. The number of carbonyl (C=O) groups is 2. The van der Waals surface area contributed by atoms with Gasteiger partial charge < -0.3 is 10.4 Å². The molecule has 2 N–H and O–H groups in total. The van der Waals surface area contributed by atoms with Crippen molar-refractivity contribution in [3.8, 4) is 6.07 Å². The Labute approximate surface area is 110 Å². The Morgan fingerprint density at radius 2 is 2.21 bits per heavy atom. The van der Waals surface area contributed by atoms with E-state index in [2.05, 4.69) is 10.3 Å². The second-order valence-corrected chi connectivity index (χ2v) is 4.78. The molecule has 1 aliphatic rings. The van der Waals surface area contributed by atoms with E-state index in [1.165, 1.54) is 25.3 Å². The molecule has 1 unspecified atom stereocenters. The van der Waals surface area contributed by atoms with Crippen molar-refractivity contribution in [1.29, 1.82) is 5.26 Å². The van der Waals surface area contributed by atoms with Crippen LogP contribution in [0.5, 0.6) is 0 Å². The van der Waals surface area contributed by atoms with Crippen LogP contribution in [0.15, 0.2) is 18.3 Å². The number of pyridine rings is 1. The zero-order valence-electron chi connectivity index (χ0n) is 10.4. The van der Waals surface area contributed by atoms with Crippen molar-refractivity contribution in [2.24, 2.45) is 5.92 Å². The van der Waals surface area contributed by atoms with E-state index in [0.717, 1.165) is 12.8 Å². The highest BCUT2D eigenvalue weighted by Crippen LogP contribution is 2.39. The molecule has 0 radical (unpaired) electrons.